The van der Waals surface area contributed by atoms with Crippen molar-refractivity contribution in [3.05, 3.63) is 41.3 Å². The van der Waals surface area contributed by atoms with Crippen LogP contribution in [-0.2, 0) is 6.18 Å². The molecule has 8 heteroatoms. The van der Waals surface area contributed by atoms with E-state index in [1.165, 1.54) is 16.9 Å². The van der Waals surface area contributed by atoms with Gasteiger partial charge in [-0.1, -0.05) is 40.0 Å². The van der Waals surface area contributed by atoms with E-state index in [4.69, 9.17) is 0 Å². The molecule has 1 amide bonds. The average Bonchev–Trinajstić information content (AvgIpc) is 3.06. The summed E-state index contributed by atoms with van der Waals surface area (Å²) in [4.78, 5) is 16.4. The smallest absolute Gasteiger partial charge is 0.352 e. The normalized spacial score (nSPS) is 11.8. The number of pyridine rings is 1. The number of hydrogen-bond donors (Lipinski definition) is 1. The molecule has 0 aliphatic carbocycles. The molecule has 27 heavy (non-hydrogen) atoms. The van der Waals surface area contributed by atoms with Gasteiger partial charge >= 0.3 is 6.18 Å². The molecule has 2 heterocycles. The summed E-state index contributed by atoms with van der Waals surface area (Å²) in [5.74, 6) is -0.0421. The molecular formula is C19H25F3N4O. The van der Waals surface area contributed by atoms with Gasteiger partial charge in [0, 0.05) is 12.7 Å². The summed E-state index contributed by atoms with van der Waals surface area (Å²) in [5, 5.41) is 7.08. The number of nitrogens with one attached hydrogen (secondary N) is 1. The molecule has 2 aromatic rings. The van der Waals surface area contributed by atoms with Gasteiger partial charge in [0.25, 0.3) is 5.91 Å². The number of hydrogen-bond acceptors (Lipinski definition) is 3. The number of alkyl halides is 3. The number of carbonyl (C=O) groups is 1. The third-order valence-electron chi connectivity index (χ3n) is 4.21. The number of carbonyl (C=O) groups excluding carboxylic acids is 1. The fraction of sp³-hybridized carbons (Fsp3) is 0.526. The van der Waals surface area contributed by atoms with Gasteiger partial charge in [0.15, 0.2) is 5.82 Å². The van der Waals surface area contributed by atoms with Gasteiger partial charge in [0.2, 0.25) is 0 Å². The van der Waals surface area contributed by atoms with Crippen molar-refractivity contribution in [3.63, 3.8) is 0 Å². The zero-order valence-corrected chi connectivity index (χ0v) is 15.8. The topological polar surface area (TPSA) is 59.8 Å². The zero-order chi connectivity index (χ0) is 20.0. The molecule has 1 N–H and O–H groups in total. The van der Waals surface area contributed by atoms with Crippen LogP contribution < -0.4 is 5.32 Å². The van der Waals surface area contributed by atoms with Crippen LogP contribution in [0.25, 0.3) is 5.82 Å². The highest BCUT2D eigenvalue weighted by Crippen LogP contribution is 2.29. The van der Waals surface area contributed by atoms with Crippen LogP contribution in [0.15, 0.2) is 24.5 Å². The Bertz CT molecular complexity index is 751. The predicted molar refractivity (Wildman–Crippen MR) is 96.9 cm³/mol. The van der Waals surface area contributed by atoms with Gasteiger partial charge in [-0.2, -0.15) is 18.3 Å². The highest BCUT2D eigenvalue weighted by atomic mass is 19.4. The fourth-order valence-corrected chi connectivity index (χ4v) is 2.80. The first-order chi connectivity index (χ1) is 12.8. The largest absolute Gasteiger partial charge is 0.417 e. The van der Waals surface area contributed by atoms with E-state index in [-0.39, 0.29) is 17.6 Å². The molecule has 0 saturated heterocycles. The Labute approximate surface area is 157 Å². The van der Waals surface area contributed by atoms with E-state index >= 15 is 0 Å². The van der Waals surface area contributed by atoms with Crippen LogP contribution in [0.5, 0.6) is 0 Å². The molecule has 0 spiro atoms. The lowest BCUT2D eigenvalue weighted by Crippen LogP contribution is -2.25. The lowest BCUT2D eigenvalue weighted by atomic mass is 10.1. The molecule has 0 bridgehead atoms. The summed E-state index contributed by atoms with van der Waals surface area (Å²) >= 11 is 0. The van der Waals surface area contributed by atoms with Crippen LogP contribution in [-0.4, -0.2) is 27.2 Å². The average molecular weight is 382 g/mol. The van der Waals surface area contributed by atoms with Crippen LogP contribution in [0, 0.1) is 0 Å². The number of halogens is 3. The number of nitrogens with zero attached hydrogens (tertiary/aromatic N) is 3. The monoisotopic (exact) mass is 382 g/mol. The van der Waals surface area contributed by atoms with E-state index in [9.17, 15) is 18.0 Å². The summed E-state index contributed by atoms with van der Waals surface area (Å²) in [6, 6.07) is 2.22. The third kappa shape index (κ3) is 5.30. The maximum atomic E-state index is 12.7. The van der Waals surface area contributed by atoms with E-state index in [1.54, 1.807) is 0 Å². The van der Waals surface area contributed by atoms with Crippen molar-refractivity contribution >= 4 is 5.91 Å². The van der Waals surface area contributed by atoms with E-state index in [1.807, 2.05) is 13.8 Å². The Balaban J connectivity index is 2.20. The summed E-state index contributed by atoms with van der Waals surface area (Å²) in [6.45, 7) is 6.50. The molecule has 2 rings (SSSR count). The summed E-state index contributed by atoms with van der Waals surface area (Å²) in [7, 11) is 0. The second-order valence-electron chi connectivity index (χ2n) is 6.73. The molecule has 148 valence electrons. The second-order valence-corrected chi connectivity index (χ2v) is 6.73. The highest BCUT2D eigenvalue weighted by Gasteiger charge is 2.31. The summed E-state index contributed by atoms with van der Waals surface area (Å²) in [5.41, 5.74) is 0.213. The maximum absolute atomic E-state index is 12.7. The number of rotatable bonds is 8. The van der Waals surface area contributed by atoms with Crippen molar-refractivity contribution < 1.29 is 18.0 Å². The SMILES string of the molecule is CCCCCCNC(=O)c1cnn(-c2ccc(C(F)(F)F)cn2)c1C(C)C. The molecule has 5 nitrogen and oxygen atoms in total. The fourth-order valence-electron chi connectivity index (χ4n) is 2.80. The Hall–Kier alpha value is -2.38. The zero-order valence-electron chi connectivity index (χ0n) is 15.8. The minimum atomic E-state index is -4.45. The second kappa shape index (κ2) is 9.01. The molecule has 0 aromatic carbocycles. The Morgan fingerprint density at radius 3 is 2.48 bits per heavy atom. The van der Waals surface area contributed by atoms with Crippen molar-refractivity contribution in [2.75, 3.05) is 6.54 Å². The van der Waals surface area contributed by atoms with Gasteiger partial charge < -0.3 is 5.32 Å². The van der Waals surface area contributed by atoms with Crippen molar-refractivity contribution in [3.8, 4) is 5.82 Å². The Morgan fingerprint density at radius 2 is 1.93 bits per heavy atom. The van der Waals surface area contributed by atoms with Crippen LogP contribution in [0.2, 0.25) is 0 Å². The molecule has 0 aliphatic rings. The van der Waals surface area contributed by atoms with Crippen molar-refractivity contribution in [1.29, 1.82) is 0 Å². The van der Waals surface area contributed by atoms with Crippen LogP contribution in [0.4, 0.5) is 13.2 Å². The lowest BCUT2D eigenvalue weighted by Gasteiger charge is -2.13. The van der Waals surface area contributed by atoms with Crippen LogP contribution in [0.1, 0.15) is 74.0 Å². The number of amides is 1. The number of unbranched alkanes of at least 4 members (excludes halogenated alkanes) is 3. The molecule has 0 radical (unpaired) electrons. The van der Waals surface area contributed by atoms with Gasteiger partial charge in [0.1, 0.15) is 0 Å². The Morgan fingerprint density at radius 1 is 1.19 bits per heavy atom. The molecule has 0 atom stereocenters. The van der Waals surface area contributed by atoms with Crippen molar-refractivity contribution in [2.45, 2.75) is 58.5 Å². The maximum Gasteiger partial charge on any atom is 0.417 e. The highest BCUT2D eigenvalue weighted by molar-refractivity contribution is 5.95. The van der Waals surface area contributed by atoms with Gasteiger partial charge in [-0.25, -0.2) is 9.67 Å². The van der Waals surface area contributed by atoms with Gasteiger partial charge in [-0.3, -0.25) is 4.79 Å². The van der Waals surface area contributed by atoms with E-state index in [2.05, 4.69) is 22.3 Å². The Kier molecular flexibility index (Phi) is 6.98. The summed E-state index contributed by atoms with van der Waals surface area (Å²) in [6.07, 6.45) is 1.99. The van der Waals surface area contributed by atoms with E-state index < -0.39 is 11.7 Å². The molecular weight excluding hydrogens is 357 g/mol. The first kappa shape index (κ1) is 20.9. The molecule has 0 unspecified atom stereocenters. The van der Waals surface area contributed by atoms with Crippen LogP contribution in [0.3, 0.4) is 0 Å². The number of aromatic nitrogens is 3. The minimum absolute atomic E-state index is 0.0579. The molecule has 0 aliphatic heterocycles. The van der Waals surface area contributed by atoms with E-state index in [0.717, 1.165) is 37.9 Å². The minimum Gasteiger partial charge on any atom is -0.352 e. The van der Waals surface area contributed by atoms with Gasteiger partial charge in [-0.05, 0) is 24.5 Å². The van der Waals surface area contributed by atoms with Crippen molar-refractivity contribution in [1.82, 2.24) is 20.1 Å². The van der Waals surface area contributed by atoms with Gasteiger partial charge in [-0.15, -0.1) is 0 Å². The quantitative estimate of drug-likeness (QED) is 0.672. The molecule has 2 aromatic heterocycles. The van der Waals surface area contributed by atoms with E-state index in [0.29, 0.717) is 17.8 Å². The standard InChI is InChI=1S/C19H25F3N4O/c1-4-5-6-7-10-23-18(27)15-12-25-26(17(15)13(2)3)16-9-8-14(11-24-16)19(20,21)22/h8-9,11-13H,4-7,10H2,1-3H3,(H,23,27). The summed E-state index contributed by atoms with van der Waals surface area (Å²) < 4.78 is 39.6. The first-order valence-electron chi connectivity index (χ1n) is 9.15. The predicted octanol–water partition coefficient (Wildman–Crippen LogP) is 4.72. The van der Waals surface area contributed by atoms with Crippen molar-refractivity contribution in [2.24, 2.45) is 0 Å². The third-order valence-corrected chi connectivity index (χ3v) is 4.21. The lowest BCUT2D eigenvalue weighted by molar-refractivity contribution is -0.137. The molecule has 0 saturated carbocycles. The molecule has 0 fully saturated rings. The first-order valence-corrected chi connectivity index (χ1v) is 9.15. The van der Waals surface area contributed by atoms with Gasteiger partial charge in [0.05, 0.1) is 23.0 Å². The van der Waals surface area contributed by atoms with Crippen LogP contribution >= 0.6 is 0 Å².